The van der Waals surface area contributed by atoms with E-state index in [0.717, 1.165) is 25.3 Å². The molecule has 0 aliphatic carbocycles. The molecule has 17 heavy (non-hydrogen) atoms. The molecule has 5 heteroatoms. The smallest absolute Gasteiger partial charge is 0.140 e. The van der Waals surface area contributed by atoms with E-state index in [1.54, 1.807) is 0 Å². The second-order valence-electron chi connectivity index (χ2n) is 4.99. The molecule has 0 bridgehead atoms. The topological polar surface area (TPSA) is 59.8 Å². The van der Waals surface area contributed by atoms with E-state index in [1.807, 2.05) is 18.5 Å². The van der Waals surface area contributed by atoms with E-state index >= 15 is 0 Å². The highest BCUT2D eigenvalue weighted by Gasteiger charge is 2.19. The molecule has 1 fully saturated rings. The SMILES string of the molecule is CC(C)n1ncnc1CC(=O)CC1CCNC1. The van der Waals surface area contributed by atoms with Crippen molar-refractivity contribution in [3.63, 3.8) is 0 Å². The molecule has 1 aromatic heterocycles. The molecule has 1 N–H and O–H groups in total. The summed E-state index contributed by atoms with van der Waals surface area (Å²) in [4.78, 5) is 16.1. The van der Waals surface area contributed by atoms with Crippen molar-refractivity contribution in [2.75, 3.05) is 13.1 Å². The highest BCUT2D eigenvalue weighted by atomic mass is 16.1. The quantitative estimate of drug-likeness (QED) is 0.827. The van der Waals surface area contributed by atoms with Crippen LogP contribution in [0.2, 0.25) is 0 Å². The minimum Gasteiger partial charge on any atom is -0.316 e. The van der Waals surface area contributed by atoms with E-state index in [0.29, 0.717) is 18.8 Å². The fourth-order valence-corrected chi connectivity index (χ4v) is 2.29. The zero-order valence-corrected chi connectivity index (χ0v) is 10.5. The highest BCUT2D eigenvalue weighted by molar-refractivity contribution is 5.80. The molecule has 2 heterocycles. The Morgan fingerprint density at radius 3 is 3.12 bits per heavy atom. The highest BCUT2D eigenvalue weighted by Crippen LogP contribution is 2.14. The van der Waals surface area contributed by atoms with Gasteiger partial charge < -0.3 is 5.32 Å². The van der Waals surface area contributed by atoms with Crippen LogP contribution in [0.3, 0.4) is 0 Å². The van der Waals surface area contributed by atoms with E-state index in [9.17, 15) is 4.79 Å². The second kappa shape index (κ2) is 5.40. The molecule has 1 atom stereocenters. The van der Waals surface area contributed by atoms with Crippen LogP contribution in [-0.4, -0.2) is 33.6 Å². The minimum absolute atomic E-state index is 0.258. The van der Waals surface area contributed by atoms with E-state index in [4.69, 9.17) is 0 Å². The normalized spacial score (nSPS) is 20.1. The van der Waals surface area contributed by atoms with Crippen molar-refractivity contribution in [3.05, 3.63) is 12.2 Å². The van der Waals surface area contributed by atoms with Crippen molar-refractivity contribution in [1.82, 2.24) is 20.1 Å². The molecule has 0 saturated carbocycles. The van der Waals surface area contributed by atoms with Crippen LogP contribution in [-0.2, 0) is 11.2 Å². The van der Waals surface area contributed by atoms with Crippen molar-refractivity contribution in [1.29, 1.82) is 0 Å². The van der Waals surface area contributed by atoms with Crippen LogP contribution >= 0.6 is 0 Å². The van der Waals surface area contributed by atoms with Crippen molar-refractivity contribution in [2.24, 2.45) is 5.92 Å². The molecule has 0 radical (unpaired) electrons. The molecule has 5 nitrogen and oxygen atoms in total. The number of aromatic nitrogens is 3. The maximum absolute atomic E-state index is 11.9. The van der Waals surface area contributed by atoms with Gasteiger partial charge in [0.05, 0.1) is 6.42 Å². The first kappa shape index (κ1) is 12.2. The molecule has 1 aliphatic rings. The van der Waals surface area contributed by atoms with Gasteiger partial charge in [-0.1, -0.05) is 0 Å². The second-order valence-corrected chi connectivity index (χ2v) is 4.99. The van der Waals surface area contributed by atoms with Crippen LogP contribution in [0.4, 0.5) is 0 Å². The van der Waals surface area contributed by atoms with E-state index in [2.05, 4.69) is 15.4 Å². The van der Waals surface area contributed by atoms with Crippen LogP contribution in [0.15, 0.2) is 6.33 Å². The molecule has 1 saturated heterocycles. The number of hydrogen-bond acceptors (Lipinski definition) is 4. The Kier molecular flexibility index (Phi) is 3.89. The van der Waals surface area contributed by atoms with Gasteiger partial charge in [-0.05, 0) is 39.3 Å². The summed E-state index contributed by atoms with van der Waals surface area (Å²) < 4.78 is 1.82. The van der Waals surface area contributed by atoms with Gasteiger partial charge in [-0.2, -0.15) is 5.10 Å². The van der Waals surface area contributed by atoms with Crippen molar-refractivity contribution in [3.8, 4) is 0 Å². The largest absolute Gasteiger partial charge is 0.316 e. The summed E-state index contributed by atoms with van der Waals surface area (Å²) in [6.45, 7) is 6.11. The van der Waals surface area contributed by atoms with Gasteiger partial charge in [-0.15, -0.1) is 0 Å². The molecule has 1 aliphatic heterocycles. The summed E-state index contributed by atoms with van der Waals surface area (Å²) in [6, 6.07) is 0.258. The summed E-state index contributed by atoms with van der Waals surface area (Å²) in [5, 5.41) is 7.42. The van der Waals surface area contributed by atoms with Crippen molar-refractivity contribution in [2.45, 2.75) is 39.2 Å². The van der Waals surface area contributed by atoms with Gasteiger partial charge in [0.25, 0.3) is 0 Å². The number of ketones is 1. The van der Waals surface area contributed by atoms with Crippen molar-refractivity contribution >= 4 is 5.78 Å². The van der Waals surface area contributed by atoms with E-state index in [1.165, 1.54) is 6.33 Å². The van der Waals surface area contributed by atoms with E-state index < -0.39 is 0 Å². The molecule has 0 amide bonds. The first-order valence-electron chi connectivity index (χ1n) is 6.27. The summed E-state index contributed by atoms with van der Waals surface area (Å²) in [5.41, 5.74) is 0. The van der Waals surface area contributed by atoms with Crippen LogP contribution in [0.5, 0.6) is 0 Å². The monoisotopic (exact) mass is 236 g/mol. The average Bonchev–Trinajstić information content (AvgIpc) is 2.88. The zero-order valence-electron chi connectivity index (χ0n) is 10.5. The maximum Gasteiger partial charge on any atom is 0.140 e. The maximum atomic E-state index is 11.9. The van der Waals surface area contributed by atoms with Gasteiger partial charge >= 0.3 is 0 Å². The number of carbonyl (C=O) groups excluding carboxylic acids is 1. The lowest BCUT2D eigenvalue weighted by molar-refractivity contribution is -0.119. The van der Waals surface area contributed by atoms with Crippen LogP contribution in [0.1, 0.15) is 38.6 Å². The lowest BCUT2D eigenvalue weighted by atomic mass is 10.0. The van der Waals surface area contributed by atoms with Gasteiger partial charge in [0.15, 0.2) is 0 Å². The Hall–Kier alpha value is -1.23. The fraction of sp³-hybridized carbons (Fsp3) is 0.750. The summed E-state index contributed by atoms with van der Waals surface area (Å²) in [5.74, 6) is 1.57. The molecular formula is C12H20N4O. The standard InChI is InChI=1S/C12H20N4O/c1-9(2)16-12(14-8-15-16)6-11(17)5-10-3-4-13-7-10/h8-10,13H,3-7H2,1-2H3. The first-order chi connectivity index (χ1) is 8.16. The van der Waals surface area contributed by atoms with Crippen LogP contribution < -0.4 is 5.32 Å². The predicted octanol–water partition coefficient (Wildman–Crippen LogP) is 0.970. The first-order valence-corrected chi connectivity index (χ1v) is 6.27. The lowest BCUT2D eigenvalue weighted by Gasteiger charge is -2.10. The average molecular weight is 236 g/mol. The number of rotatable bonds is 5. The van der Waals surface area contributed by atoms with Gasteiger partial charge in [-0.25, -0.2) is 9.67 Å². The van der Waals surface area contributed by atoms with E-state index in [-0.39, 0.29) is 11.8 Å². The zero-order chi connectivity index (χ0) is 12.3. The van der Waals surface area contributed by atoms with Gasteiger partial charge in [0.2, 0.25) is 0 Å². The number of nitrogens with zero attached hydrogens (tertiary/aromatic N) is 3. The van der Waals surface area contributed by atoms with Gasteiger partial charge in [0, 0.05) is 12.5 Å². The van der Waals surface area contributed by atoms with Crippen LogP contribution in [0.25, 0.3) is 0 Å². The molecule has 0 spiro atoms. The Bertz CT molecular complexity index is 380. The number of hydrogen-bond donors (Lipinski definition) is 1. The molecule has 94 valence electrons. The van der Waals surface area contributed by atoms with Crippen molar-refractivity contribution < 1.29 is 4.79 Å². The third-order valence-corrected chi connectivity index (χ3v) is 3.17. The summed E-state index contributed by atoms with van der Waals surface area (Å²) in [7, 11) is 0. The van der Waals surface area contributed by atoms with Crippen LogP contribution in [0, 0.1) is 5.92 Å². The summed E-state index contributed by atoms with van der Waals surface area (Å²) in [6.07, 6.45) is 3.72. The Balaban J connectivity index is 1.90. The molecule has 2 rings (SSSR count). The molecule has 0 aromatic carbocycles. The third kappa shape index (κ3) is 3.12. The van der Waals surface area contributed by atoms with Gasteiger partial charge in [0.1, 0.15) is 17.9 Å². The third-order valence-electron chi connectivity index (χ3n) is 3.17. The number of nitrogens with one attached hydrogen (secondary N) is 1. The summed E-state index contributed by atoms with van der Waals surface area (Å²) >= 11 is 0. The molecule has 1 aromatic rings. The molecule has 1 unspecified atom stereocenters. The lowest BCUT2D eigenvalue weighted by Crippen LogP contribution is -2.17. The predicted molar refractivity (Wildman–Crippen MR) is 64.7 cm³/mol. The minimum atomic E-state index is 0.258. The Morgan fingerprint density at radius 2 is 2.47 bits per heavy atom. The molecular weight excluding hydrogens is 216 g/mol. The fourth-order valence-electron chi connectivity index (χ4n) is 2.29. The number of carbonyl (C=O) groups is 1. The Morgan fingerprint density at radius 1 is 1.65 bits per heavy atom. The Labute approximate surface area is 102 Å². The van der Waals surface area contributed by atoms with Gasteiger partial charge in [-0.3, -0.25) is 4.79 Å². The number of Topliss-reactive ketones (excluding diaryl/α,β-unsaturated/α-hetero) is 1.